The van der Waals surface area contributed by atoms with E-state index in [9.17, 15) is 24.0 Å². The van der Waals surface area contributed by atoms with Crippen molar-refractivity contribution in [3.05, 3.63) is 0 Å². The van der Waals surface area contributed by atoms with Crippen LogP contribution in [0.1, 0.15) is 40.5 Å². The minimum atomic E-state index is -0.880. The monoisotopic (exact) mass is 527 g/mol. The first-order valence-corrected chi connectivity index (χ1v) is 12.6. The van der Waals surface area contributed by atoms with E-state index in [1.54, 1.807) is 53.7 Å². The summed E-state index contributed by atoms with van der Waals surface area (Å²) in [5.74, 6) is -2.07. The van der Waals surface area contributed by atoms with Crippen molar-refractivity contribution in [2.24, 2.45) is 5.73 Å². The van der Waals surface area contributed by atoms with E-state index in [2.05, 4.69) is 0 Å². The molecular weight excluding hydrogens is 478 g/mol. The van der Waals surface area contributed by atoms with Crippen molar-refractivity contribution < 1.29 is 24.0 Å². The molecule has 0 aromatic carbocycles. The molecule has 0 aliphatic carbocycles. The van der Waals surface area contributed by atoms with Gasteiger partial charge in [0.2, 0.25) is 29.5 Å². The predicted octanol–water partition coefficient (Wildman–Crippen LogP) is -0.867. The van der Waals surface area contributed by atoms with Gasteiger partial charge >= 0.3 is 0 Å². The highest BCUT2D eigenvalue weighted by Gasteiger charge is 2.35. The van der Waals surface area contributed by atoms with Crippen LogP contribution >= 0.6 is 0 Å². The Balaban J connectivity index is 5.38. The number of unbranched alkanes of at least 4 members (excludes halogenated alkanes) is 1. The molecule has 37 heavy (non-hydrogen) atoms. The summed E-state index contributed by atoms with van der Waals surface area (Å²) in [6.07, 6.45) is 1.52. The van der Waals surface area contributed by atoms with Gasteiger partial charge in [-0.1, -0.05) is 0 Å². The molecule has 0 aliphatic heterocycles. The largest absolute Gasteiger partial charge is 0.368 e. The minimum Gasteiger partial charge on any atom is -0.368 e. The van der Waals surface area contributed by atoms with Crippen molar-refractivity contribution in [1.82, 2.24) is 29.4 Å². The van der Waals surface area contributed by atoms with E-state index in [0.29, 0.717) is 13.0 Å². The van der Waals surface area contributed by atoms with E-state index in [-0.39, 0.29) is 12.5 Å². The molecule has 0 aromatic rings. The maximum atomic E-state index is 13.2. The Morgan fingerprint density at radius 3 is 1.27 bits per heavy atom. The average Bonchev–Trinajstić information content (AvgIpc) is 2.84. The lowest BCUT2D eigenvalue weighted by atomic mass is 10.1. The van der Waals surface area contributed by atoms with Crippen LogP contribution in [-0.2, 0) is 24.0 Å². The zero-order chi connectivity index (χ0) is 29.2. The SMILES string of the molecule is C[C@@H](C(=O)N(C)[C@@H](C)C(=O)N(C)[C@@H](C)C(=O)N(C)[C@@H](C)C(=O)N(CCCCN(C)C)CC(N)=O)N(C)C. The van der Waals surface area contributed by atoms with Gasteiger partial charge in [0.1, 0.15) is 18.1 Å². The highest BCUT2D eigenvalue weighted by atomic mass is 16.2. The molecule has 12 nitrogen and oxygen atoms in total. The van der Waals surface area contributed by atoms with Crippen LogP contribution < -0.4 is 5.73 Å². The fraction of sp³-hybridized carbons (Fsp3) is 0.800. The van der Waals surface area contributed by atoms with Crippen LogP contribution in [0.25, 0.3) is 0 Å². The van der Waals surface area contributed by atoms with E-state index >= 15 is 0 Å². The first-order valence-electron chi connectivity index (χ1n) is 12.6. The Morgan fingerprint density at radius 1 is 0.568 bits per heavy atom. The van der Waals surface area contributed by atoms with Crippen molar-refractivity contribution in [3.8, 4) is 0 Å². The topological polar surface area (TPSA) is 131 Å². The van der Waals surface area contributed by atoms with Gasteiger partial charge in [0.25, 0.3) is 0 Å². The van der Waals surface area contributed by atoms with Crippen LogP contribution in [0, 0.1) is 0 Å². The second kappa shape index (κ2) is 15.5. The van der Waals surface area contributed by atoms with Crippen LogP contribution in [0.4, 0.5) is 0 Å². The molecule has 5 amide bonds. The Kier molecular flexibility index (Phi) is 14.4. The summed E-state index contributed by atoms with van der Waals surface area (Å²) < 4.78 is 0. The molecule has 214 valence electrons. The van der Waals surface area contributed by atoms with Crippen molar-refractivity contribution in [2.75, 3.05) is 69.0 Å². The second-order valence-electron chi connectivity index (χ2n) is 10.3. The molecule has 0 aromatic heterocycles. The van der Waals surface area contributed by atoms with Gasteiger partial charge in [-0.2, -0.15) is 0 Å². The second-order valence-corrected chi connectivity index (χ2v) is 10.3. The van der Waals surface area contributed by atoms with E-state index < -0.39 is 47.8 Å². The summed E-state index contributed by atoms with van der Waals surface area (Å²) in [7, 11) is 12.0. The number of likely N-dealkylation sites (N-methyl/N-ethyl adjacent to an activating group) is 4. The number of rotatable bonds is 15. The Labute approximate surface area is 222 Å². The predicted molar refractivity (Wildman–Crippen MR) is 143 cm³/mol. The highest BCUT2D eigenvalue weighted by molar-refractivity contribution is 5.94. The Hall–Kier alpha value is -2.73. The molecule has 0 saturated carbocycles. The smallest absolute Gasteiger partial charge is 0.245 e. The first-order chi connectivity index (χ1) is 16.9. The van der Waals surface area contributed by atoms with E-state index in [4.69, 9.17) is 5.73 Å². The van der Waals surface area contributed by atoms with Gasteiger partial charge in [0.15, 0.2) is 0 Å². The average molecular weight is 528 g/mol. The quantitative estimate of drug-likeness (QED) is 0.274. The molecule has 0 heterocycles. The van der Waals surface area contributed by atoms with Gasteiger partial charge < -0.3 is 30.2 Å². The zero-order valence-corrected chi connectivity index (χ0v) is 24.6. The van der Waals surface area contributed by atoms with Gasteiger partial charge in [-0.3, -0.25) is 28.9 Å². The molecule has 4 atom stereocenters. The fourth-order valence-corrected chi connectivity index (χ4v) is 3.62. The third-order valence-electron chi connectivity index (χ3n) is 6.93. The fourth-order valence-electron chi connectivity index (χ4n) is 3.62. The van der Waals surface area contributed by atoms with Crippen LogP contribution in [0.2, 0.25) is 0 Å². The number of hydrogen-bond donors (Lipinski definition) is 1. The number of nitrogens with zero attached hydrogens (tertiary/aromatic N) is 6. The maximum absolute atomic E-state index is 13.2. The van der Waals surface area contributed by atoms with Crippen molar-refractivity contribution in [1.29, 1.82) is 0 Å². The van der Waals surface area contributed by atoms with Crippen LogP contribution in [0.15, 0.2) is 0 Å². The normalized spacial score (nSPS) is 14.5. The molecule has 0 rings (SSSR count). The lowest BCUT2D eigenvalue weighted by Crippen LogP contribution is -2.57. The molecule has 0 spiro atoms. The van der Waals surface area contributed by atoms with Crippen molar-refractivity contribution >= 4 is 29.5 Å². The maximum Gasteiger partial charge on any atom is 0.245 e. The number of amides is 5. The summed E-state index contributed by atoms with van der Waals surface area (Å²) in [4.78, 5) is 72.8. The summed E-state index contributed by atoms with van der Waals surface area (Å²) in [6, 6.07) is -2.94. The van der Waals surface area contributed by atoms with Crippen molar-refractivity contribution in [2.45, 2.75) is 64.7 Å². The molecule has 0 unspecified atom stereocenters. The van der Waals surface area contributed by atoms with Gasteiger partial charge in [-0.25, -0.2) is 0 Å². The van der Waals surface area contributed by atoms with Gasteiger partial charge in [-0.15, -0.1) is 0 Å². The first kappa shape index (κ1) is 34.3. The van der Waals surface area contributed by atoms with Gasteiger partial charge in [0.05, 0.1) is 12.6 Å². The standard InChI is InChI=1S/C25H49N7O5/c1-17(28(7)8)22(34)29(9)18(2)23(35)30(10)19(3)24(36)31(11)20(4)25(37)32(16-21(26)33)15-13-12-14-27(5)6/h17-20H,12-16H2,1-11H3,(H2,26,33)/t17-,18-,19-,20-/m0/s1. The number of carbonyl (C=O) groups excluding carboxylic acids is 5. The zero-order valence-electron chi connectivity index (χ0n) is 24.6. The Morgan fingerprint density at radius 2 is 0.919 bits per heavy atom. The Bertz CT molecular complexity index is 804. The molecule has 12 heteroatoms. The molecule has 0 aliphatic rings. The third-order valence-corrected chi connectivity index (χ3v) is 6.93. The van der Waals surface area contributed by atoms with Gasteiger partial charge in [-0.05, 0) is 75.3 Å². The van der Waals surface area contributed by atoms with Crippen LogP contribution in [-0.4, -0.2) is 152 Å². The van der Waals surface area contributed by atoms with Crippen LogP contribution in [0.5, 0.6) is 0 Å². The minimum absolute atomic E-state index is 0.213. The molecule has 0 radical (unpaired) electrons. The summed E-state index contributed by atoms with van der Waals surface area (Å²) in [6.45, 7) is 7.49. The third kappa shape index (κ3) is 10.3. The lowest BCUT2D eigenvalue weighted by molar-refractivity contribution is -0.152. The highest BCUT2D eigenvalue weighted by Crippen LogP contribution is 2.12. The molecule has 0 bridgehead atoms. The number of carbonyl (C=O) groups is 5. The number of hydrogen-bond acceptors (Lipinski definition) is 7. The lowest BCUT2D eigenvalue weighted by Gasteiger charge is -2.36. The molecule has 2 N–H and O–H groups in total. The van der Waals surface area contributed by atoms with E-state index in [1.165, 1.54) is 33.7 Å². The molecule has 0 saturated heterocycles. The molecular formula is C25H49N7O5. The molecule has 0 fully saturated rings. The summed E-state index contributed by atoms with van der Waals surface area (Å²) >= 11 is 0. The number of nitrogens with two attached hydrogens (primary N) is 1. The summed E-state index contributed by atoms with van der Waals surface area (Å²) in [5.41, 5.74) is 5.35. The van der Waals surface area contributed by atoms with E-state index in [1.807, 2.05) is 19.0 Å². The van der Waals surface area contributed by atoms with Crippen LogP contribution in [0.3, 0.4) is 0 Å². The van der Waals surface area contributed by atoms with E-state index in [0.717, 1.165) is 13.0 Å². The number of primary amides is 1. The summed E-state index contributed by atoms with van der Waals surface area (Å²) in [5, 5.41) is 0. The van der Waals surface area contributed by atoms with Gasteiger partial charge in [0, 0.05) is 27.7 Å². The van der Waals surface area contributed by atoms with Crippen molar-refractivity contribution in [3.63, 3.8) is 0 Å².